The van der Waals surface area contributed by atoms with Crippen molar-refractivity contribution in [2.45, 2.75) is 39.3 Å². The highest BCUT2D eigenvalue weighted by Gasteiger charge is 2.22. The van der Waals surface area contributed by atoms with Gasteiger partial charge in [-0.3, -0.25) is 0 Å². The Balaban J connectivity index is 2.17. The number of carbonyl (C=O) groups is 1. The van der Waals surface area contributed by atoms with Crippen LogP contribution in [0, 0.1) is 0 Å². The second-order valence-corrected chi connectivity index (χ2v) is 5.20. The van der Waals surface area contributed by atoms with Gasteiger partial charge < -0.3 is 25.2 Å². The fourth-order valence-corrected chi connectivity index (χ4v) is 2.24. The van der Waals surface area contributed by atoms with Crippen molar-refractivity contribution >= 4 is 11.7 Å². The molecule has 0 aromatic heterocycles. The van der Waals surface area contributed by atoms with Gasteiger partial charge in [-0.05, 0) is 26.8 Å². The zero-order valence-electron chi connectivity index (χ0n) is 12.6. The van der Waals surface area contributed by atoms with Crippen LogP contribution in [0.4, 0.5) is 10.5 Å². The number of carbonyl (C=O) groups excluding carboxylic acids is 1. The maximum absolute atomic E-state index is 11.9. The maximum Gasteiger partial charge on any atom is 0.319 e. The van der Waals surface area contributed by atoms with Crippen LogP contribution in [-0.2, 0) is 6.42 Å². The zero-order valence-corrected chi connectivity index (χ0v) is 12.6. The van der Waals surface area contributed by atoms with Crippen molar-refractivity contribution in [3.63, 3.8) is 0 Å². The van der Waals surface area contributed by atoms with Crippen molar-refractivity contribution in [3.05, 3.63) is 17.7 Å². The number of rotatable bonds is 5. The molecule has 2 amide bonds. The molecule has 1 aromatic carbocycles. The standard InChI is InChI=1S/C15H22N2O4/c1-4-20-14-6-11-5-10(3)21-13(11)7-12(14)17-15(19)16-9(2)8-18/h6-7,9-10,18H,4-5,8H2,1-3H3,(H2,16,17,19)/t9-,10-/m0/s1. The molecule has 116 valence electrons. The van der Waals surface area contributed by atoms with Crippen LogP contribution in [0.25, 0.3) is 0 Å². The Hall–Kier alpha value is -1.95. The van der Waals surface area contributed by atoms with Crippen molar-refractivity contribution in [2.75, 3.05) is 18.5 Å². The van der Waals surface area contributed by atoms with Gasteiger partial charge >= 0.3 is 6.03 Å². The lowest BCUT2D eigenvalue weighted by molar-refractivity contribution is 0.229. The minimum Gasteiger partial charge on any atom is -0.492 e. The van der Waals surface area contributed by atoms with Crippen molar-refractivity contribution in [1.82, 2.24) is 5.32 Å². The number of anilines is 1. The van der Waals surface area contributed by atoms with Gasteiger partial charge in [0.05, 0.1) is 24.9 Å². The molecule has 6 nitrogen and oxygen atoms in total. The molecule has 0 unspecified atom stereocenters. The highest BCUT2D eigenvalue weighted by Crippen LogP contribution is 2.37. The van der Waals surface area contributed by atoms with E-state index in [1.165, 1.54) is 0 Å². The largest absolute Gasteiger partial charge is 0.492 e. The molecule has 2 atom stereocenters. The fourth-order valence-electron chi connectivity index (χ4n) is 2.24. The molecule has 0 radical (unpaired) electrons. The molecule has 1 heterocycles. The van der Waals surface area contributed by atoms with E-state index < -0.39 is 0 Å². The van der Waals surface area contributed by atoms with Crippen LogP contribution in [0.15, 0.2) is 12.1 Å². The quantitative estimate of drug-likeness (QED) is 0.775. The normalized spacial score (nSPS) is 17.6. The Labute approximate surface area is 124 Å². The van der Waals surface area contributed by atoms with Gasteiger partial charge in [-0.15, -0.1) is 0 Å². The molecule has 1 aliphatic rings. The van der Waals surface area contributed by atoms with Gasteiger partial charge in [0.15, 0.2) is 0 Å². The van der Waals surface area contributed by atoms with Crippen molar-refractivity contribution in [3.8, 4) is 11.5 Å². The highest BCUT2D eigenvalue weighted by molar-refractivity contribution is 5.91. The Kier molecular flexibility index (Phi) is 4.90. The third-order valence-electron chi connectivity index (χ3n) is 3.20. The molecular weight excluding hydrogens is 272 g/mol. The SMILES string of the molecule is CCOc1cc2c(cc1NC(=O)N[C@@H](C)CO)O[C@@H](C)C2. The molecule has 1 aliphatic heterocycles. The monoisotopic (exact) mass is 294 g/mol. The van der Waals surface area contributed by atoms with Gasteiger partial charge in [0.2, 0.25) is 0 Å². The maximum atomic E-state index is 11.9. The molecule has 2 rings (SSSR count). The minimum absolute atomic E-state index is 0.115. The second kappa shape index (κ2) is 6.67. The van der Waals surface area contributed by atoms with E-state index in [-0.39, 0.29) is 24.8 Å². The molecule has 21 heavy (non-hydrogen) atoms. The summed E-state index contributed by atoms with van der Waals surface area (Å²) in [5.41, 5.74) is 1.65. The first-order valence-corrected chi connectivity index (χ1v) is 7.18. The highest BCUT2D eigenvalue weighted by atomic mass is 16.5. The van der Waals surface area contributed by atoms with Crippen molar-refractivity contribution < 1.29 is 19.4 Å². The van der Waals surface area contributed by atoms with E-state index in [4.69, 9.17) is 14.6 Å². The first-order valence-electron chi connectivity index (χ1n) is 7.18. The number of ether oxygens (including phenoxy) is 2. The first-order chi connectivity index (χ1) is 10.0. The molecule has 3 N–H and O–H groups in total. The second-order valence-electron chi connectivity index (χ2n) is 5.20. The van der Waals surface area contributed by atoms with E-state index in [9.17, 15) is 4.79 Å². The number of fused-ring (bicyclic) bond motifs is 1. The van der Waals surface area contributed by atoms with E-state index >= 15 is 0 Å². The number of nitrogens with one attached hydrogen (secondary N) is 2. The predicted molar refractivity (Wildman–Crippen MR) is 80.1 cm³/mol. The summed E-state index contributed by atoms with van der Waals surface area (Å²) in [5.74, 6) is 1.40. The topological polar surface area (TPSA) is 79.8 Å². The van der Waals surface area contributed by atoms with E-state index in [1.807, 2.05) is 19.9 Å². The summed E-state index contributed by atoms with van der Waals surface area (Å²) in [5, 5.41) is 14.3. The Morgan fingerprint density at radius 3 is 3.00 bits per heavy atom. The number of benzene rings is 1. The lowest BCUT2D eigenvalue weighted by Gasteiger charge is -2.16. The zero-order chi connectivity index (χ0) is 15.4. The van der Waals surface area contributed by atoms with Crippen LogP contribution < -0.4 is 20.1 Å². The van der Waals surface area contributed by atoms with E-state index in [0.29, 0.717) is 18.0 Å². The molecular formula is C15H22N2O4. The number of hydrogen-bond acceptors (Lipinski definition) is 4. The van der Waals surface area contributed by atoms with E-state index in [2.05, 4.69) is 10.6 Å². The fraction of sp³-hybridized carbons (Fsp3) is 0.533. The Bertz CT molecular complexity index is 519. The van der Waals surface area contributed by atoms with Crippen LogP contribution in [0.2, 0.25) is 0 Å². The lowest BCUT2D eigenvalue weighted by Crippen LogP contribution is -2.38. The van der Waals surface area contributed by atoms with Crippen molar-refractivity contribution in [2.24, 2.45) is 0 Å². The summed E-state index contributed by atoms with van der Waals surface area (Å²) in [7, 11) is 0. The summed E-state index contributed by atoms with van der Waals surface area (Å²) in [6, 6.07) is 3.00. The molecule has 0 bridgehead atoms. The van der Waals surface area contributed by atoms with Gasteiger partial charge in [-0.1, -0.05) is 0 Å². The molecule has 0 fully saturated rings. The number of aliphatic hydroxyl groups excluding tert-OH is 1. The van der Waals surface area contributed by atoms with E-state index in [0.717, 1.165) is 17.7 Å². The first kappa shape index (κ1) is 15.4. The molecule has 1 aromatic rings. The average molecular weight is 294 g/mol. The molecule has 0 aliphatic carbocycles. The van der Waals surface area contributed by atoms with Crippen LogP contribution >= 0.6 is 0 Å². The van der Waals surface area contributed by atoms with Gasteiger partial charge in [0, 0.05) is 18.1 Å². The number of aliphatic hydroxyl groups is 1. The van der Waals surface area contributed by atoms with Crippen LogP contribution in [0.1, 0.15) is 26.3 Å². The smallest absolute Gasteiger partial charge is 0.319 e. The number of urea groups is 1. The minimum atomic E-state index is -0.386. The van der Waals surface area contributed by atoms with Gasteiger partial charge in [-0.2, -0.15) is 0 Å². The van der Waals surface area contributed by atoms with Gasteiger partial charge in [0.1, 0.15) is 17.6 Å². The Morgan fingerprint density at radius 2 is 2.33 bits per heavy atom. The van der Waals surface area contributed by atoms with Crippen LogP contribution in [0.5, 0.6) is 11.5 Å². The lowest BCUT2D eigenvalue weighted by atomic mass is 10.1. The van der Waals surface area contributed by atoms with Gasteiger partial charge in [0.25, 0.3) is 0 Å². The summed E-state index contributed by atoms with van der Waals surface area (Å²) in [4.78, 5) is 11.9. The van der Waals surface area contributed by atoms with Crippen molar-refractivity contribution in [1.29, 1.82) is 0 Å². The summed E-state index contributed by atoms with van der Waals surface area (Å²) in [6.07, 6.45) is 0.969. The molecule has 0 spiro atoms. The van der Waals surface area contributed by atoms with Crippen LogP contribution in [0.3, 0.4) is 0 Å². The predicted octanol–water partition coefficient (Wildman–Crippen LogP) is 1.91. The molecule has 6 heteroatoms. The Morgan fingerprint density at radius 1 is 1.57 bits per heavy atom. The average Bonchev–Trinajstić information content (AvgIpc) is 2.78. The van der Waals surface area contributed by atoms with E-state index in [1.54, 1.807) is 13.0 Å². The van der Waals surface area contributed by atoms with Gasteiger partial charge in [-0.25, -0.2) is 4.79 Å². The third kappa shape index (κ3) is 3.78. The number of hydrogen-bond donors (Lipinski definition) is 3. The summed E-state index contributed by atoms with van der Waals surface area (Å²) < 4.78 is 11.3. The summed E-state index contributed by atoms with van der Waals surface area (Å²) >= 11 is 0. The van der Waals surface area contributed by atoms with Crippen LogP contribution in [-0.4, -0.2) is 36.5 Å². The summed E-state index contributed by atoms with van der Waals surface area (Å²) in [6.45, 7) is 6.01. The molecule has 0 saturated heterocycles. The number of amides is 2. The molecule has 0 saturated carbocycles. The third-order valence-corrected chi connectivity index (χ3v) is 3.20.